The molecule has 1 fully saturated rings. The summed E-state index contributed by atoms with van der Waals surface area (Å²) in [5, 5.41) is 31.2. The van der Waals surface area contributed by atoms with E-state index in [1.165, 1.54) is 6.33 Å². The van der Waals surface area contributed by atoms with E-state index >= 15 is 0 Å². The molecule has 1 saturated heterocycles. The normalized spacial score (nSPS) is 32.9. The monoisotopic (exact) mass is 313 g/mol. The van der Waals surface area contributed by atoms with Crippen LogP contribution in [0.2, 0.25) is 5.15 Å². The van der Waals surface area contributed by atoms with Gasteiger partial charge in [-0.25, -0.2) is 9.97 Å². The van der Waals surface area contributed by atoms with Crippen LogP contribution in [0.3, 0.4) is 0 Å². The Hall–Kier alpha value is -1.25. The van der Waals surface area contributed by atoms with Crippen LogP contribution in [0.15, 0.2) is 18.6 Å². The lowest BCUT2D eigenvalue weighted by molar-refractivity contribution is -0.109. The second kappa shape index (κ2) is 5.19. The number of aromatic nitrogens is 3. The highest BCUT2D eigenvalue weighted by atomic mass is 35.5. The molecule has 21 heavy (non-hydrogen) atoms. The number of fused-ring (bicyclic) bond motifs is 1. The quantitative estimate of drug-likeness (QED) is 0.712. The summed E-state index contributed by atoms with van der Waals surface area (Å²) in [5.74, 6) is 0. The average Bonchev–Trinajstić information content (AvgIpc) is 3.01. The number of nitrogens with zero attached hydrogens (tertiary/aromatic N) is 3. The second-order valence-electron chi connectivity index (χ2n) is 5.12. The number of rotatable bonds is 3. The van der Waals surface area contributed by atoms with Crippen molar-refractivity contribution in [3.8, 4) is 0 Å². The van der Waals surface area contributed by atoms with Crippen LogP contribution < -0.4 is 0 Å². The molecule has 4 atom stereocenters. The van der Waals surface area contributed by atoms with Gasteiger partial charge in [-0.2, -0.15) is 0 Å². The topological polar surface area (TPSA) is 101 Å². The van der Waals surface area contributed by atoms with E-state index in [0.29, 0.717) is 16.2 Å². The van der Waals surface area contributed by atoms with Gasteiger partial charge in [0.1, 0.15) is 34.9 Å². The van der Waals surface area contributed by atoms with E-state index in [9.17, 15) is 15.3 Å². The lowest BCUT2D eigenvalue weighted by Crippen LogP contribution is -2.46. The smallest absolute Gasteiger partial charge is 0.167 e. The summed E-state index contributed by atoms with van der Waals surface area (Å²) in [6.45, 7) is 1.36. The van der Waals surface area contributed by atoms with E-state index in [1.54, 1.807) is 23.8 Å². The lowest BCUT2D eigenvalue weighted by atomic mass is 9.91. The highest BCUT2D eigenvalue weighted by Crippen LogP contribution is 2.42. The third-order valence-electron chi connectivity index (χ3n) is 4.06. The highest BCUT2D eigenvalue weighted by molar-refractivity contribution is 6.33. The van der Waals surface area contributed by atoms with Gasteiger partial charge in [0.25, 0.3) is 0 Å². The molecular formula is C13H16ClN3O4. The third-order valence-corrected chi connectivity index (χ3v) is 4.36. The summed E-state index contributed by atoms with van der Waals surface area (Å²) < 4.78 is 7.23. The Morgan fingerprint density at radius 1 is 1.48 bits per heavy atom. The van der Waals surface area contributed by atoms with Crippen molar-refractivity contribution in [2.24, 2.45) is 0 Å². The minimum atomic E-state index is -1.52. The number of hydrogen-bond donors (Lipinski definition) is 3. The molecular weight excluding hydrogens is 298 g/mol. The largest absolute Gasteiger partial charge is 0.394 e. The number of hydrogen-bond acceptors (Lipinski definition) is 6. The average molecular weight is 314 g/mol. The molecule has 8 heteroatoms. The molecule has 2 aromatic heterocycles. The van der Waals surface area contributed by atoms with Crippen molar-refractivity contribution >= 4 is 22.6 Å². The van der Waals surface area contributed by atoms with Gasteiger partial charge >= 0.3 is 0 Å². The maximum absolute atomic E-state index is 10.7. The van der Waals surface area contributed by atoms with Crippen molar-refractivity contribution in [2.45, 2.75) is 37.4 Å². The SMILES string of the molecule is CC[C@@]1(O)[C@H](O)[C@@H](CO)O[C@H]1n1ccc2c(Cl)ncnc21. The highest BCUT2D eigenvalue weighted by Gasteiger charge is 2.55. The van der Waals surface area contributed by atoms with Crippen molar-refractivity contribution < 1.29 is 20.1 Å². The number of aliphatic hydroxyl groups is 3. The first-order valence-electron chi connectivity index (χ1n) is 6.66. The Labute approximate surface area is 125 Å². The molecule has 3 rings (SSSR count). The molecule has 7 nitrogen and oxygen atoms in total. The Morgan fingerprint density at radius 3 is 2.90 bits per heavy atom. The first-order chi connectivity index (χ1) is 10.0. The molecule has 1 aliphatic rings. The van der Waals surface area contributed by atoms with Crippen LogP contribution in [-0.4, -0.2) is 54.3 Å². The molecule has 0 unspecified atom stereocenters. The third kappa shape index (κ3) is 2.04. The maximum Gasteiger partial charge on any atom is 0.167 e. The summed E-state index contributed by atoms with van der Waals surface area (Å²) in [4.78, 5) is 8.05. The fourth-order valence-electron chi connectivity index (χ4n) is 2.79. The predicted molar refractivity (Wildman–Crippen MR) is 74.8 cm³/mol. The van der Waals surface area contributed by atoms with Crippen LogP contribution >= 0.6 is 11.6 Å². The molecule has 2 aromatic rings. The second-order valence-corrected chi connectivity index (χ2v) is 5.48. The molecule has 114 valence electrons. The molecule has 0 radical (unpaired) electrons. The van der Waals surface area contributed by atoms with Crippen molar-refractivity contribution in [3.05, 3.63) is 23.7 Å². The van der Waals surface area contributed by atoms with Crippen molar-refractivity contribution in [1.29, 1.82) is 0 Å². The molecule has 0 aromatic carbocycles. The first-order valence-corrected chi connectivity index (χ1v) is 7.04. The van der Waals surface area contributed by atoms with Crippen LogP contribution in [-0.2, 0) is 4.74 Å². The van der Waals surface area contributed by atoms with Crippen LogP contribution in [0.25, 0.3) is 11.0 Å². The molecule has 0 aliphatic carbocycles. The van der Waals surface area contributed by atoms with Crippen molar-refractivity contribution in [1.82, 2.24) is 14.5 Å². The summed E-state index contributed by atoms with van der Waals surface area (Å²) >= 11 is 6.01. The van der Waals surface area contributed by atoms with Gasteiger partial charge in [0.2, 0.25) is 0 Å². The van der Waals surface area contributed by atoms with E-state index < -0.39 is 24.0 Å². The van der Waals surface area contributed by atoms with Gasteiger partial charge in [-0.05, 0) is 12.5 Å². The molecule has 0 bridgehead atoms. The minimum Gasteiger partial charge on any atom is -0.394 e. The number of halogens is 1. The summed E-state index contributed by atoms with van der Waals surface area (Å²) in [6, 6.07) is 1.72. The number of ether oxygens (including phenoxy) is 1. The predicted octanol–water partition coefficient (Wildman–Crippen LogP) is 0.476. The molecule has 0 spiro atoms. The summed E-state index contributed by atoms with van der Waals surface area (Å²) in [5.41, 5.74) is -1.02. The van der Waals surface area contributed by atoms with Crippen LogP contribution in [0, 0.1) is 0 Å². The van der Waals surface area contributed by atoms with Gasteiger partial charge in [-0.3, -0.25) is 0 Å². The zero-order chi connectivity index (χ0) is 15.2. The maximum atomic E-state index is 10.7. The van der Waals surface area contributed by atoms with Gasteiger partial charge < -0.3 is 24.6 Å². The fraction of sp³-hybridized carbons (Fsp3) is 0.538. The van der Waals surface area contributed by atoms with Gasteiger partial charge in [-0.15, -0.1) is 0 Å². The summed E-state index contributed by atoms with van der Waals surface area (Å²) in [7, 11) is 0. The molecule has 3 heterocycles. The van der Waals surface area contributed by atoms with Gasteiger partial charge in [-0.1, -0.05) is 18.5 Å². The molecule has 0 saturated carbocycles. The molecule has 0 amide bonds. The zero-order valence-electron chi connectivity index (χ0n) is 11.3. The van der Waals surface area contributed by atoms with Crippen molar-refractivity contribution in [2.75, 3.05) is 6.61 Å². The molecule has 1 aliphatic heterocycles. The fourth-order valence-corrected chi connectivity index (χ4v) is 2.98. The standard InChI is InChI=1S/C13H16ClN3O4/c1-2-13(20)9(19)8(5-18)21-12(13)17-4-3-7-10(14)15-6-16-11(7)17/h3-4,6,8-9,12,18-20H,2,5H2,1H3/t8-,9-,12-,13-/m1/s1. The minimum absolute atomic E-state index is 0.258. The lowest BCUT2D eigenvalue weighted by Gasteiger charge is -2.30. The van der Waals surface area contributed by atoms with E-state index in [4.69, 9.17) is 16.3 Å². The summed E-state index contributed by atoms with van der Waals surface area (Å²) in [6.07, 6.45) is 0.345. The van der Waals surface area contributed by atoms with Gasteiger partial charge in [0, 0.05) is 6.20 Å². The first kappa shape index (κ1) is 14.7. The van der Waals surface area contributed by atoms with E-state index in [0.717, 1.165) is 0 Å². The number of aliphatic hydroxyl groups excluding tert-OH is 2. The van der Waals surface area contributed by atoms with E-state index in [2.05, 4.69) is 9.97 Å². The van der Waals surface area contributed by atoms with Gasteiger partial charge in [0.05, 0.1) is 12.0 Å². The van der Waals surface area contributed by atoms with E-state index in [1.807, 2.05) is 0 Å². The Bertz CT molecular complexity index is 664. The van der Waals surface area contributed by atoms with Crippen LogP contribution in [0.5, 0.6) is 0 Å². The Balaban J connectivity index is 2.11. The van der Waals surface area contributed by atoms with Crippen LogP contribution in [0.1, 0.15) is 19.6 Å². The van der Waals surface area contributed by atoms with Crippen molar-refractivity contribution in [3.63, 3.8) is 0 Å². The zero-order valence-corrected chi connectivity index (χ0v) is 12.1. The Kier molecular flexibility index (Phi) is 3.62. The molecule has 3 N–H and O–H groups in total. The van der Waals surface area contributed by atoms with Gasteiger partial charge in [0.15, 0.2) is 6.23 Å². The van der Waals surface area contributed by atoms with E-state index in [-0.39, 0.29) is 13.0 Å². The Morgan fingerprint density at radius 2 is 2.24 bits per heavy atom. The van der Waals surface area contributed by atoms with Crippen LogP contribution in [0.4, 0.5) is 0 Å².